The van der Waals surface area contributed by atoms with E-state index in [0.29, 0.717) is 24.3 Å². The molecule has 0 radical (unpaired) electrons. The minimum absolute atomic E-state index is 0. The molecule has 0 atom stereocenters. The Morgan fingerprint density at radius 3 is 1.53 bits per heavy atom. The van der Waals surface area contributed by atoms with Gasteiger partial charge >= 0.3 is 37.7 Å². The molecule has 2 N–H and O–H groups in total. The van der Waals surface area contributed by atoms with Crippen LogP contribution in [0.2, 0.25) is 0 Å². The summed E-state index contributed by atoms with van der Waals surface area (Å²) < 4.78 is 78.0. The van der Waals surface area contributed by atoms with Crippen LogP contribution in [0.1, 0.15) is 76.3 Å². The summed E-state index contributed by atoms with van der Waals surface area (Å²) >= 11 is 0. The summed E-state index contributed by atoms with van der Waals surface area (Å²) in [5, 5.41) is 23.0. The second-order valence-corrected chi connectivity index (χ2v) is 13.9. The summed E-state index contributed by atoms with van der Waals surface area (Å²) in [7, 11) is -9.10. The summed E-state index contributed by atoms with van der Waals surface area (Å²) in [6.45, 7) is 4.14. The van der Waals surface area contributed by atoms with Gasteiger partial charge in [0.2, 0.25) is 0 Å². The maximum atomic E-state index is 12.6. The number of hydrogen-bond acceptors (Lipinski definition) is 9. The Hall–Kier alpha value is -2.84. The number of phenols is 1. The first kappa shape index (κ1) is 42.3. The molecule has 4 rings (SSSR count). The normalized spacial score (nSPS) is 11.2. The average molecular weight is 739 g/mol. The van der Waals surface area contributed by atoms with E-state index < -0.39 is 30.9 Å². The van der Waals surface area contributed by atoms with Crippen LogP contribution < -0.4 is 14.6 Å². The van der Waals surface area contributed by atoms with Crippen LogP contribution in [-0.4, -0.2) is 68.8 Å². The van der Waals surface area contributed by atoms with Crippen molar-refractivity contribution in [3.8, 4) is 34.5 Å². The van der Waals surface area contributed by atoms with Crippen molar-refractivity contribution >= 4 is 58.0 Å². The Morgan fingerprint density at radius 1 is 0.612 bits per heavy atom. The first-order valence-corrected chi connectivity index (χ1v) is 18.8. The fourth-order valence-corrected chi connectivity index (χ4v) is 6.47. The summed E-state index contributed by atoms with van der Waals surface area (Å²) in [5.74, 6) is 0.421. The fraction of sp³-hybridized carbons (Fsp3) is 0.333. The van der Waals surface area contributed by atoms with Crippen molar-refractivity contribution in [1.29, 1.82) is 0 Å². The molecule has 0 saturated carbocycles. The fourth-order valence-electron chi connectivity index (χ4n) is 4.99. The third-order valence-corrected chi connectivity index (χ3v) is 9.29. The Morgan fingerprint density at radius 2 is 1.06 bits per heavy atom. The maximum Gasteiger partial charge on any atom is 2.00 e. The molecule has 0 aliphatic heterocycles. The molecule has 0 saturated heterocycles. The smallest absolute Gasteiger partial charge is 0.870 e. The van der Waals surface area contributed by atoms with Crippen LogP contribution in [0, 0.1) is 0 Å². The average Bonchev–Trinajstić information content (AvgIpc) is 3.04. The zero-order valence-corrected chi connectivity index (χ0v) is 31.7. The quantitative estimate of drug-likeness (QED) is 0.0657. The summed E-state index contributed by atoms with van der Waals surface area (Å²) in [4.78, 5) is -0.707. The molecule has 0 bridgehead atoms. The van der Waals surface area contributed by atoms with E-state index in [-0.39, 0.29) is 77.4 Å². The zero-order chi connectivity index (χ0) is 35.2. The number of para-hydroxylation sites is 2. The molecule has 10 nitrogen and oxygen atoms in total. The molecule has 49 heavy (non-hydrogen) atoms. The topological polar surface area (TPSA) is 173 Å². The van der Waals surface area contributed by atoms with E-state index in [4.69, 9.17) is 9.47 Å². The van der Waals surface area contributed by atoms with E-state index in [0.717, 1.165) is 51.0 Å². The Bertz CT molecular complexity index is 1680. The van der Waals surface area contributed by atoms with Crippen molar-refractivity contribution in [2.45, 2.75) is 87.8 Å². The molecule has 0 fully saturated rings. The van der Waals surface area contributed by atoms with Gasteiger partial charge < -0.3 is 24.2 Å². The first-order chi connectivity index (χ1) is 22.9. The monoisotopic (exact) mass is 738 g/mol. The molecular weight excluding hydrogens is 697 g/mol. The molecule has 260 valence electrons. The number of benzene rings is 4. The molecule has 0 unspecified atom stereocenters. The summed E-state index contributed by atoms with van der Waals surface area (Å²) in [6, 6.07) is 22.7. The zero-order valence-electron chi connectivity index (χ0n) is 27.8. The summed E-state index contributed by atoms with van der Waals surface area (Å²) in [6.07, 6.45) is 7.87. The van der Waals surface area contributed by atoms with Crippen molar-refractivity contribution in [3.05, 3.63) is 96.1 Å². The Kier molecular flexibility index (Phi) is 17.9. The number of phenolic OH excluding ortho intramolecular Hbond substituents is 1. The molecule has 0 spiro atoms. The molecule has 4 aromatic carbocycles. The van der Waals surface area contributed by atoms with E-state index >= 15 is 0 Å². The predicted molar refractivity (Wildman–Crippen MR) is 186 cm³/mol. The van der Waals surface area contributed by atoms with Gasteiger partial charge in [-0.25, -0.2) is 8.42 Å². The van der Waals surface area contributed by atoms with Gasteiger partial charge in [-0.2, -0.15) is 8.42 Å². The molecule has 0 heterocycles. The molecule has 13 heteroatoms. The van der Waals surface area contributed by atoms with Gasteiger partial charge in [-0.05, 0) is 79.8 Å². The van der Waals surface area contributed by atoms with E-state index in [1.807, 2.05) is 12.1 Å². The van der Waals surface area contributed by atoms with Crippen molar-refractivity contribution < 1.29 is 45.6 Å². The SMILES string of the molecule is CCCCCCc1c(S(=O)(=O)O)ccc(Oc2ccccc2)c1O.CCCCCCc1c(S(=O)(=O)[O-])ccc(Oc2ccccc2)c1[O-].[Ca+2]. The Labute approximate surface area is 319 Å². The number of aromatic hydroxyl groups is 1. The van der Waals surface area contributed by atoms with E-state index in [2.05, 4.69) is 13.8 Å². The Balaban J connectivity index is 0.000000333. The number of unbranched alkanes of at least 4 members (excludes halogenated alkanes) is 6. The van der Waals surface area contributed by atoms with Crippen LogP contribution in [0.3, 0.4) is 0 Å². The largest absolute Gasteiger partial charge is 2.00 e. The summed E-state index contributed by atoms with van der Waals surface area (Å²) in [5.41, 5.74) is 0.219. The van der Waals surface area contributed by atoms with Crippen LogP contribution in [-0.2, 0) is 33.1 Å². The van der Waals surface area contributed by atoms with Crippen molar-refractivity contribution in [3.63, 3.8) is 0 Å². The number of ether oxygens (including phenoxy) is 2. The van der Waals surface area contributed by atoms with Gasteiger partial charge in [-0.3, -0.25) is 4.55 Å². The van der Waals surface area contributed by atoms with Gasteiger partial charge in [0.15, 0.2) is 11.5 Å². The van der Waals surface area contributed by atoms with Crippen molar-refractivity contribution in [1.82, 2.24) is 0 Å². The minimum atomic E-state index is -4.69. The van der Waals surface area contributed by atoms with Crippen molar-refractivity contribution in [2.24, 2.45) is 0 Å². The van der Waals surface area contributed by atoms with Gasteiger partial charge in [-0.15, -0.1) is 0 Å². The standard InChI is InChI=1S/2C18H22O5S.Ca/c2*1-2-3-4-8-11-15-17(24(20,21)22)13-12-16(18(15)19)23-14-9-6-5-7-10-14;/h2*5-7,9-10,12-13,19H,2-4,8,11H2,1H3,(H,20,21,22);/q;;+2/p-2. The first-order valence-electron chi connectivity index (χ1n) is 15.9. The molecular formula is C36H42CaO10S2. The van der Waals surface area contributed by atoms with Crippen LogP contribution in [0.15, 0.2) is 94.7 Å². The molecule has 0 aliphatic carbocycles. The third kappa shape index (κ3) is 13.4. The van der Waals surface area contributed by atoms with Gasteiger partial charge in [0.25, 0.3) is 10.1 Å². The van der Waals surface area contributed by atoms with E-state index in [1.165, 1.54) is 18.2 Å². The number of rotatable bonds is 16. The van der Waals surface area contributed by atoms with Gasteiger partial charge in [0.1, 0.15) is 32.3 Å². The van der Waals surface area contributed by atoms with Crippen LogP contribution >= 0.6 is 0 Å². The molecule has 4 aromatic rings. The van der Waals surface area contributed by atoms with Gasteiger partial charge in [-0.1, -0.05) is 94.5 Å². The van der Waals surface area contributed by atoms with E-state index in [9.17, 15) is 36.2 Å². The maximum absolute atomic E-state index is 12.6. The van der Waals surface area contributed by atoms with Gasteiger partial charge in [0.05, 0.1) is 4.90 Å². The molecule has 0 amide bonds. The van der Waals surface area contributed by atoms with E-state index in [1.54, 1.807) is 48.5 Å². The van der Waals surface area contributed by atoms with Crippen LogP contribution in [0.25, 0.3) is 0 Å². The predicted octanol–water partition coefficient (Wildman–Crippen LogP) is 7.75. The second kappa shape index (κ2) is 20.7. The van der Waals surface area contributed by atoms with Gasteiger partial charge in [0, 0.05) is 5.56 Å². The van der Waals surface area contributed by atoms with Crippen LogP contribution in [0.4, 0.5) is 0 Å². The van der Waals surface area contributed by atoms with Crippen molar-refractivity contribution in [2.75, 3.05) is 0 Å². The van der Waals surface area contributed by atoms with Crippen LogP contribution in [0.5, 0.6) is 34.5 Å². The number of hydrogen-bond donors (Lipinski definition) is 2. The minimum Gasteiger partial charge on any atom is -0.870 e. The molecule has 0 aliphatic rings. The second-order valence-electron chi connectivity index (χ2n) is 11.1. The third-order valence-electron chi connectivity index (χ3n) is 7.43. The molecule has 0 aromatic heterocycles.